The summed E-state index contributed by atoms with van der Waals surface area (Å²) in [5.41, 5.74) is 19.1. The number of thiocarbonyl (C=S) groups is 2. The van der Waals surface area contributed by atoms with Gasteiger partial charge in [-0.1, -0.05) is 76.3 Å². The van der Waals surface area contributed by atoms with Gasteiger partial charge in [0.2, 0.25) is 0 Å². The number of hydrogen-bond acceptors (Lipinski definition) is 4. The third kappa shape index (κ3) is 22.1. The Kier molecular flexibility index (Phi) is 23.6. The molecule has 6 N–H and O–H groups in total. The van der Waals surface area contributed by atoms with E-state index in [1.165, 1.54) is 11.1 Å². The molecule has 1 radical (unpaired) electrons. The summed E-state index contributed by atoms with van der Waals surface area (Å²) in [4.78, 5) is 3.10. The Balaban J connectivity index is 0.00000111. The fraction of sp³-hybridized carbons (Fsp3) is 0.548. The number of anilines is 1. The van der Waals surface area contributed by atoms with Gasteiger partial charge in [0.15, 0.2) is 5.11 Å². The van der Waals surface area contributed by atoms with Crippen LogP contribution < -0.4 is 21.3 Å². The number of hydrogen-bond donors (Lipinski definition) is 4. The monoisotopic (exact) mass is 674 g/mol. The van der Waals surface area contributed by atoms with Crippen molar-refractivity contribution in [3.63, 3.8) is 0 Å². The molecule has 41 heavy (non-hydrogen) atoms. The number of benzene rings is 2. The third-order valence-electron chi connectivity index (χ3n) is 5.88. The molecule has 0 aromatic heterocycles. The molecule has 0 aliphatic rings. The molecule has 0 fully saturated rings. The maximum absolute atomic E-state index is 7.51. The molecule has 0 saturated carbocycles. The van der Waals surface area contributed by atoms with E-state index in [0.29, 0.717) is 29.2 Å². The van der Waals surface area contributed by atoms with Crippen molar-refractivity contribution in [1.82, 2.24) is 20.9 Å². The van der Waals surface area contributed by atoms with Gasteiger partial charge in [-0.2, -0.15) is 0 Å². The normalized spacial score (nSPS) is 10.6. The molecule has 0 atom stereocenters. The molecular weight excluding hydrogens is 623 g/mol. The standard InChI is InChI=1S/C21H37N6S2.C10H14N.Y/c1-17(2)16-19-4-6-20(7-5-19)26-21(29)25-12-15-27(13-8-22)14-11-23-9-10-24-18(3)28;1-8(2)7-9-3-5-10(11)6-4-9;/h4-7,17,22-23H,8-16H2,1-3H3,(H,24,28)(H2,25,26,29);3-6,8,11H,7H2,1-2H3;/q2*-1;. The molecule has 0 unspecified atom stereocenters. The largest absolute Gasteiger partial charge is 0.699 e. The zero-order valence-corrected chi connectivity index (χ0v) is 30.2. The Morgan fingerprint density at radius 3 is 1.80 bits per heavy atom. The van der Waals surface area contributed by atoms with Gasteiger partial charge in [0.05, 0.1) is 4.99 Å². The molecular formula is C31H51N7S2Y-2. The summed E-state index contributed by atoms with van der Waals surface area (Å²) in [7, 11) is 0. The zero-order chi connectivity index (χ0) is 29.8. The Morgan fingerprint density at radius 2 is 1.29 bits per heavy atom. The van der Waals surface area contributed by atoms with Crippen molar-refractivity contribution < 1.29 is 32.7 Å². The van der Waals surface area contributed by atoms with E-state index >= 15 is 0 Å². The maximum Gasteiger partial charge on any atom is 0.170 e. The van der Waals surface area contributed by atoms with Gasteiger partial charge in [0, 0.05) is 77.7 Å². The van der Waals surface area contributed by atoms with E-state index in [4.69, 9.17) is 35.9 Å². The van der Waals surface area contributed by atoms with Crippen molar-refractivity contribution >= 4 is 45.9 Å². The van der Waals surface area contributed by atoms with Gasteiger partial charge in [-0.05, 0) is 73.6 Å². The van der Waals surface area contributed by atoms with Gasteiger partial charge in [0.1, 0.15) is 0 Å². The Morgan fingerprint density at radius 1 is 0.756 bits per heavy atom. The quantitative estimate of drug-likeness (QED) is 0.117. The minimum atomic E-state index is 0. The summed E-state index contributed by atoms with van der Waals surface area (Å²) < 4.78 is 0. The molecule has 2 aromatic carbocycles. The van der Waals surface area contributed by atoms with Crippen LogP contribution in [0.1, 0.15) is 45.7 Å². The van der Waals surface area contributed by atoms with Crippen LogP contribution in [0.5, 0.6) is 0 Å². The van der Waals surface area contributed by atoms with E-state index in [-0.39, 0.29) is 32.7 Å². The average molecular weight is 675 g/mol. The van der Waals surface area contributed by atoms with Crippen molar-refractivity contribution in [2.75, 3.05) is 57.7 Å². The zero-order valence-electron chi connectivity index (χ0n) is 25.7. The molecule has 0 saturated heterocycles. The second-order valence-corrected chi connectivity index (χ2v) is 11.8. The molecule has 0 aliphatic carbocycles. The molecule has 10 heteroatoms. The van der Waals surface area contributed by atoms with Crippen LogP contribution in [0.15, 0.2) is 48.5 Å². The average Bonchev–Trinajstić information content (AvgIpc) is 2.88. The Bertz CT molecular complexity index is 954. The van der Waals surface area contributed by atoms with Gasteiger partial charge in [-0.25, -0.2) is 0 Å². The van der Waals surface area contributed by atoms with Crippen LogP contribution in [0, 0.1) is 11.8 Å². The van der Waals surface area contributed by atoms with E-state index in [0.717, 1.165) is 69.3 Å². The molecule has 2 rings (SSSR count). The number of nitrogens with one attached hydrogen (secondary N) is 6. The molecule has 0 heterocycles. The van der Waals surface area contributed by atoms with Crippen LogP contribution >= 0.6 is 24.4 Å². The van der Waals surface area contributed by atoms with Gasteiger partial charge in [-0.3, -0.25) is 0 Å². The summed E-state index contributed by atoms with van der Waals surface area (Å²) >= 11 is 10.4. The summed E-state index contributed by atoms with van der Waals surface area (Å²) in [6.45, 7) is 17.0. The van der Waals surface area contributed by atoms with Gasteiger partial charge in [0.25, 0.3) is 0 Å². The fourth-order valence-corrected chi connectivity index (χ4v) is 4.32. The second kappa shape index (κ2) is 24.3. The topological polar surface area (TPSA) is 99.0 Å². The van der Waals surface area contributed by atoms with Crippen LogP contribution in [0.4, 0.5) is 11.4 Å². The molecule has 227 valence electrons. The molecule has 0 spiro atoms. The van der Waals surface area contributed by atoms with Gasteiger partial charge < -0.3 is 37.6 Å². The van der Waals surface area contributed by atoms with Gasteiger partial charge >= 0.3 is 0 Å². The first-order valence-electron chi connectivity index (χ1n) is 14.4. The minimum Gasteiger partial charge on any atom is -0.699 e. The Hall–Kier alpha value is -1.20. The van der Waals surface area contributed by atoms with Gasteiger partial charge in [-0.15, -0.1) is 12.2 Å². The van der Waals surface area contributed by atoms with E-state index in [1.807, 2.05) is 31.2 Å². The van der Waals surface area contributed by atoms with E-state index in [2.05, 4.69) is 78.1 Å². The molecule has 7 nitrogen and oxygen atoms in total. The molecule has 0 bridgehead atoms. The van der Waals surface area contributed by atoms with Crippen LogP contribution in [0.2, 0.25) is 0 Å². The summed E-state index contributed by atoms with van der Waals surface area (Å²) in [6.07, 6.45) is 2.20. The number of nitrogens with zero attached hydrogens (tertiary/aromatic N) is 1. The SMILES string of the molecule is CC(=S)NCCNCCN(CC[NH-])CCNC(=S)Nc1ccc(CC(C)C)cc1.CC(C)Cc1ccc([NH-])cc1.[Y]. The van der Waals surface area contributed by atoms with Crippen LogP contribution in [0.25, 0.3) is 11.5 Å². The molecule has 2 aromatic rings. The second-order valence-electron chi connectivity index (χ2n) is 10.8. The van der Waals surface area contributed by atoms with E-state index in [9.17, 15) is 0 Å². The summed E-state index contributed by atoms with van der Waals surface area (Å²) in [5, 5.41) is 13.7. The van der Waals surface area contributed by atoms with E-state index < -0.39 is 0 Å². The van der Waals surface area contributed by atoms with Crippen molar-refractivity contribution in [3.05, 3.63) is 71.1 Å². The van der Waals surface area contributed by atoms with Crippen molar-refractivity contribution in [1.29, 1.82) is 0 Å². The fourth-order valence-electron chi connectivity index (χ4n) is 3.99. The third-order valence-corrected chi connectivity index (χ3v) is 6.27. The first-order chi connectivity index (χ1) is 19.1. The summed E-state index contributed by atoms with van der Waals surface area (Å²) in [5.74, 6) is 1.36. The first-order valence-corrected chi connectivity index (χ1v) is 15.2. The van der Waals surface area contributed by atoms with Crippen molar-refractivity contribution in [2.45, 2.75) is 47.5 Å². The van der Waals surface area contributed by atoms with Crippen molar-refractivity contribution in [2.24, 2.45) is 11.8 Å². The van der Waals surface area contributed by atoms with Crippen LogP contribution in [-0.2, 0) is 45.6 Å². The van der Waals surface area contributed by atoms with Crippen molar-refractivity contribution in [3.8, 4) is 0 Å². The smallest absolute Gasteiger partial charge is 0.170 e. The van der Waals surface area contributed by atoms with Crippen LogP contribution in [0.3, 0.4) is 0 Å². The van der Waals surface area contributed by atoms with E-state index in [1.54, 1.807) is 0 Å². The van der Waals surface area contributed by atoms with Crippen LogP contribution in [-0.4, -0.2) is 67.4 Å². The predicted octanol–water partition coefficient (Wildman–Crippen LogP) is 6.62. The first kappa shape index (κ1) is 39.8. The maximum atomic E-state index is 7.51. The number of rotatable bonds is 16. The minimum absolute atomic E-state index is 0. The predicted molar refractivity (Wildman–Crippen MR) is 183 cm³/mol. The molecule has 0 amide bonds. The Labute approximate surface area is 285 Å². The summed E-state index contributed by atoms with van der Waals surface area (Å²) in [6, 6.07) is 16.2. The molecule has 0 aliphatic heterocycles.